The normalized spacial score (nSPS) is 15.6. The van der Waals surface area contributed by atoms with Crippen molar-refractivity contribution in [3.63, 3.8) is 0 Å². The van der Waals surface area contributed by atoms with Crippen molar-refractivity contribution >= 4 is 40.4 Å². The first-order chi connectivity index (χ1) is 18.6. The highest BCUT2D eigenvalue weighted by Crippen LogP contribution is 2.38. The highest BCUT2D eigenvalue weighted by atomic mass is 32.2. The number of carbonyl (C=O) groups is 1. The maximum Gasteiger partial charge on any atom is 0.283 e. The lowest BCUT2D eigenvalue weighted by Gasteiger charge is -2.27. The van der Waals surface area contributed by atoms with Gasteiger partial charge in [-0.15, -0.1) is 0 Å². The van der Waals surface area contributed by atoms with Crippen LogP contribution in [0.5, 0.6) is 23.0 Å². The number of amidine groups is 2. The minimum absolute atomic E-state index is 0.0767. The molecule has 8 nitrogen and oxygen atoms in total. The van der Waals surface area contributed by atoms with E-state index in [2.05, 4.69) is 4.99 Å². The minimum atomic E-state index is -0.454. The van der Waals surface area contributed by atoms with Crippen molar-refractivity contribution in [2.45, 2.75) is 0 Å². The zero-order chi connectivity index (χ0) is 26.5. The molecule has 3 aromatic carbocycles. The Morgan fingerprint density at radius 2 is 1.53 bits per heavy atom. The molecule has 1 amide bonds. The predicted octanol–water partition coefficient (Wildman–Crippen LogP) is 5.47. The van der Waals surface area contributed by atoms with Crippen LogP contribution in [-0.2, 0) is 4.79 Å². The largest absolute Gasteiger partial charge is 0.493 e. The lowest BCUT2D eigenvalue weighted by atomic mass is 10.1. The molecule has 9 heteroatoms. The highest BCUT2D eigenvalue weighted by Gasteiger charge is 2.36. The molecule has 0 atom stereocenters. The van der Waals surface area contributed by atoms with Crippen molar-refractivity contribution in [1.82, 2.24) is 4.90 Å². The number of benzene rings is 3. The van der Waals surface area contributed by atoms with Crippen LogP contribution in [0.1, 0.15) is 11.1 Å². The number of aliphatic imine (C=N–C) groups is 1. The van der Waals surface area contributed by atoms with E-state index in [0.717, 1.165) is 11.3 Å². The van der Waals surface area contributed by atoms with E-state index in [9.17, 15) is 4.79 Å². The molecule has 0 bridgehead atoms. The fourth-order valence-electron chi connectivity index (χ4n) is 4.02. The second kappa shape index (κ2) is 11.3. The Morgan fingerprint density at radius 1 is 0.868 bits per heavy atom. The average molecular weight is 528 g/mol. The van der Waals surface area contributed by atoms with E-state index in [4.69, 9.17) is 24.4 Å². The molecule has 2 heterocycles. The molecule has 0 saturated carbocycles. The van der Waals surface area contributed by atoms with Gasteiger partial charge in [0.25, 0.3) is 5.91 Å². The number of carbonyl (C=O) groups excluding carboxylic acids is 1. The number of rotatable bonds is 9. The summed E-state index contributed by atoms with van der Waals surface area (Å²) in [6, 6.07) is 22.5. The minimum Gasteiger partial charge on any atom is -0.493 e. The molecule has 1 N–H and O–H groups in total. The van der Waals surface area contributed by atoms with Crippen LogP contribution < -0.4 is 18.9 Å². The van der Waals surface area contributed by atoms with Gasteiger partial charge in [0.05, 0.1) is 25.5 Å². The van der Waals surface area contributed by atoms with Crippen LogP contribution in [0.4, 0.5) is 0 Å². The molecule has 0 aromatic heterocycles. The molecule has 0 aliphatic carbocycles. The van der Waals surface area contributed by atoms with Crippen LogP contribution in [0.3, 0.4) is 0 Å². The molecule has 0 saturated heterocycles. The van der Waals surface area contributed by atoms with Gasteiger partial charge in [0, 0.05) is 5.41 Å². The summed E-state index contributed by atoms with van der Waals surface area (Å²) in [6.45, 7) is 0.600. The zero-order valence-corrected chi connectivity index (χ0v) is 21.7. The summed E-state index contributed by atoms with van der Waals surface area (Å²) in [7, 11) is 3.14. The van der Waals surface area contributed by atoms with E-state index in [1.165, 1.54) is 11.8 Å². The molecule has 38 heavy (non-hydrogen) atoms. The first-order valence-corrected chi connectivity index (χ1v) is 12.7. The monoisotopic (exact) mass is 527 g/mol. The molecule has 0 spiro atoms. The van der Waals surface area contributed by atoms with Gasteiger partial charge in [-0.1, -0.05) is 60.3 Å². The number of hydrogen-bond donors (Lipinski definition) is 1. The summed E-state index contributed by atoms with van der Waals surface area (Å²) in [4.78, 5) is 18.7. The third-order valence-corrected chi connectivity index (χ3v) is 6.68. The number of nitrogens with zero attached hydrogens (tertiary/aromatic N) is 2. The summed E-state index contributed by atoms with van der Waals surface area (Å²) >= 11 is 1.33. The van der Waals surface area contributed by atoms with E-state index >= 15 is 0 Å². The molecule has 0 unspecified atom stereocenters. The second-order valence-electron chi connectivity index (χ2n) is 8.19. The number of amides is 1. The Hall–Kier alpha value is -4.50. The maximum atomic E-state index is 12.8. The smallest absolute Gasteiger partial charge is 0.283 e. The summed E-state index contributed by atoms with van der Waals surface area (Å²) in [6.07, 6.45) is 1.65. The predicted molar refractivity (Wildman–Crippen MR) is 149 cm³/mol. The summed E-state index contributed by atoms with van der Waals surface area (Å²) in [5.41, 5.74) is 2.64. The number of para-hydroxylation sites is 2. The number of thioether (sulfide) groups is 1. The van der Waals surface area contributed by atoms with Gasteiger partial charge in [-0.3, -0.25) is 15.1 Å². The van der Waals surface area contributed by atoms with Crippen LogP contribution in [0.2, 0.25) is 0 Å². The van der Waals surface area contributed by atoms with E-state index < -0.39 is 5.91 Å². The maximum absolute atomic E-state index is 12.8. The van der Waals surface area contributed by atoms with Gasteiger partial charge in [-0.25, -0.2) is 0 Å². The number of methoxy groups -OCH3 is 2. The Bertz CT molecular complexity index is 1470. The van der Waals surface area contributed by atoms with E-state index in [-0.39, 0.29) is 18.0 Å². The fraction of sp³-hybridized carbons (Fsp3) is 0.138. The Balaban J connectivity index is 1.30. The van der Waals surface area contributed by atoms with Gasteiger partial charge in [0.15, 0.2) is 28.2 Å². The first-order valence-electron chi connectivity index (χ1n) is 11.8. The van der Waals surface area contributed by atoms with Crippen molar-refractivity contribution in [2.24, 2.45) is 4.99 Å². The van der Waals surface area contributed by atoms with E-state index in [1.807, 2.05) is 60.0 Å². The summed E-state index contributed by atoms with van der Waals surface area (Å²) < 4.78 is 22.4. The van der Waals surface area contributed by atoms with Crippen molar-refractivity contribution in [3.05, 3.63) is 94.9 Å². The second-order valence-corrected chi connectivity index (χ2v) is 9.02. The van der Waals surface area contributed by atoms with Gasteiger partial charge >= 0.3 is 0 Å². The molecular formula is C29H25N3O5S. The summed E-state index contributed by atoms with van der Waals surface area (Å²) in [5, 5.41) is 11.2. The van der Waals surface area contributed by atoms with Crippen molar-refractivity contribution < 1.29 is 23.7 Å². The third-order valence-electron chi connectivity index (χ3n) is 5.85. The zero-order valence-electron chi connectivity index (χ0n) is 20.8. The fourth-order valence-corrected chi connectivity index (χ4v) is 4.90. The topological polar surface area (TPSA) is 93.4 Å². The van der Waals surface area contributed by atoms with Crippen LogP contribution in [0, 0.1) is 5.41 Å². The molecule has 2 aliphatic heterocycles. The van der Waals surface area contributed by atoms with Crippen LogP contribution >= 0.6 is 11.8 Å². The van der Waals surface area contributed by atoms with E-state index in [0.29, 0.717) is 40.3 Å². The molecule has 0 fully saturated rings. The third kappa shape index (κ3) is 5.14. The molecule has 192 valence electrons. The van der Waals surface area contributed by atoms with Crippen LogP contribution in [-0.4, -0.2) is 49.2 Å². The van der Waals surface area contributed by atoms with Crippen molar-refractivity contribution in [2.75, 3.05) is 27.4 Å². The van der Waals surface area contributed by atoms with Gasteiger partial charge in [-0.05, 0) is 41.5 Å². The standard InChI is InChI=1S/C29H25N3O5S/c1-34-23-10-6-7-11-24(23)36-14-15-37-25-13-12-19(17-26(25)35-2)16-21-27(30)32-22(20-8-4-3-5-9-20)18-38-29(32)31-28(21)33/h3-13,16-18,30H,14-15H2,1-2H3/b21-16+,30-27?. The van der Waals surface area contributed by atoms with E-state index in [1.54, 1.807) is 43.4 Å². The van der Waals surface area contributed by atoms with Crippen molar-refractivity contribution in [3.8, 4) is 23.0 Å². The van der Waals surface area contributed by atoms with Crippen LogP contribution in [0.15, 0.2) is 88.8 Å². The molecular weight excluding hydrogens is 502 g/mol. The highest BCUT2D eigenvalue weighted by molar-refractivity contribution is 8.17. The molecule has 3 aromatic rings. The Morgan fingerprint density at radius 3 is 2.24 bits per heavy atom. The van der Waals surface area contributed by atoms with Crippen LogP contribution in [0.25, 0.3) is 11.8 Å². The Labute approximate surface area is 224 Å². The number of nitrogens with one attached hydrogen (secondary N) is 1. The number of ether oxygens (including phenoxy) is 4. The SMILES string of the molecule is COc1ccccc1OCCOc1ccc(/C=C2\C(=N)N3C(c4ccccc4)=CSC3=NC2=O)cc1OC. The number of hydrogen-bond acceptors (Lipinski definition) is 7. The molecule has 2 aliphatic rings. The number of fused-ring (bicyclic) bond motifs is 1. The average Bonchev–Trinajstić information content (AvgIpc) is 3.38. The lowest BCUT2D eigenvalue weighted by Crippen LogP contribution is -2.38. The first kappa shape index (κ1) is 25.2. The van der Waals surface area contributed by atoms with Gasteiger partial charge in [0.2, 0.25) is 0 Å². The molecule has 0 radical (unpaired) electrons. The quantitative estimate of drug-likeness (QED) is 0.292. The van der Waals surface area contributed by atoms with Gasteiger partial charge in [-0.2, -0.15) is 4.99 Å². The Kier molecular flexibility index (Phi) is 7.46. The van der Waals surface area contributed by atoms with Gasteiger partial charge in [0.1, 0.15) is 19.0 Å². The summed E-state index contributed by atoms with van der Waals surface area (Å²) in [5.74, 6) is 1.95. The van der Waals surface area contributed by atoms with Crippen molar-refractivity contribution in [1.29, 1.82) is 5.41 Å². The lowest BCUT2D eigenvalue weighted by molar-refractivity contribution is -0.114. The molecule has 5 rings (SSSR count). The van der Waals surface area contributed by atoms with Gasteiger partial charge < -0.3 is 18.9 Å².